The summed E-state index contributed by atoms with van der Waals surface area (Å²) in [6.45, 7) is 12.1. The number of carbonyl (C=O) groups excluding carboxylic acids is 6. The minimum Gasteiger partial charge on any atom is -0.481 e. The molecule has 0 radical (unpaired) electrons. The van der Waals surface area contributed by atoms with Crippen LogP contribution in [0.2, 0.25) is 10.0 Å². The van der Waals surface area contributed by atoms with Crippen LogP contribution in [0.25, 0.3) is 10.0 Å². The number of nitro benzene ring substituents is 2. The quantitative estimate of drug-likeness (QED) is 0.0217. The second-order valence-electron chi connectivity index (χ2n) is 28.2. The second-order valence-corrected chi connectivity index (χ2v) is 32.3. The molecule has 2 aliphatic carbocycles. The number of nitrogens with one attached hydrogen (secondary N) is 3. The van der Waals surface area contributed by atoms with Crippen molar-refractivity contribution in [1.29, 1.82) is 10.5 Å². The number of nitrogen functional groups attached to an aromatic ring is 2. The topological polar surface area (TPSA) is 476 Å². The highest BCUT2D eigenvalue weighted by Gasteiger charge is 2.53. The highest BCUT2D eigenvalue weighted by atomic mass is 79.9. The van der Waals surface area contributed by atoms with Gasteiger partial charge in [0.1, 0.15) is 45.9 Å². The number of carboxylic acids is 1. The highest BCUT2D eigenvalue weighted by molar-refractivity contribution is 9.10. The van der Waals surface area contributed by atoms with Gasteiger partial charge >= 0.3 is 23.9 Å². The summed E-state index contributed by atoms with van der Waals surface area (Å²) in [5.41, 5.74) is 23.9. The maximum atomic E-state index is 13.4. The van der Waals surface area contributed by atoms with Crippen molar-refractivity contribution in [2.45, 2.75) is 103 Å². The van der Waals surface area contributed by atoms with Gasteiger partial charge in [-0.1, -0.05) is 59.6 Å². The first-order valence-corrected chi connectivity index (χ1v) is 40.0. The van der Waals surface area contributed by atoms with Gasteiger partial charge in [0.2, 0.25) is 5.91 Å². The van der Waals surface area contributed by atoms with E-state index < -0.39 is 45.8 Å². The average molecular weight is 1770 g/mol. The van der Waals surface area contributed by atoms with E-state index in [0.29, 0.717) is 48.8 Å². The van der Waals surface area contributed by atoms with Gasteiger partial charge in [0.25, 0.3) is 23.2 Å². The van der Waals surface area contributed by atoms with Crippen LogP contribution >= 0.6 is 61.8 Å². The van der Waals surface area contributed by atoms with Gasteiger partial charge in [-0.15, -0.1) is 43.1 Å². The molecule has 6 aliphatic rings. The van der Waals surface area contributed by atoms with Gasteiger partial charge in [-0.25, -0.2) is 14.4 Å². The number of carboxylic acid groups (broad SMARTS) is 1. The maximum absolute atomic E-state index is 13.4. The standard InChI is InChI=1S/C29H25ClN6O2S.C19H17ClN4O2S.C10H10N2O.C9H6N2O4.C9H8N2O2.C8H6BrNO4/c1-14-15(2)39-28-24(14)25(17-4-6-18(30)7-5-17)32-22(26-35-34-16(3)36(26)28)13-23(37)31-19-8-9-21-20(12-19)27(38)33-29(21)10-11-29;1-9-10(2)27-19-16(9)17(12-4-6-13(20)7-5-12)21-14(8-15(25)26)18-23-22-11(3)24(18)19;11-6-1-2-8-7(5-6)9(13)12-10(8)3-4-10;1-15-9(12)8-4-7(11(13)14)3-2-6(8)5-10;1-13-9(12)8-4-7(11)3-2-6(8)5-10;1-14-8(11)6-4-5(10(12)13)2-3-7(6)9/h4-9,12,22H,10-11,13H2,1-3H3,(H,31,37)(H,33,38);4-7,14H,8H2,1-3H3,(H,25,26);1-2,5H,3-4,11H2,(H,12,13);2-4H,1H3;2-4H,11H2,1H3;2-4H,1H3/t22-;14-;;;;/m00..../s1. The number of benzene rings is 7. The van der Waals surface area contributed by atoms with Crippen LogP contribution in [0.3, 0.4) is 0 Å². The number of carbonyl (C=O) groups is 7. The summed E-state index contributed by atoms with van der Waals surface area (Å²) in [6.07, 6.45) is 3.96. The molecule has 2 atom stereocenters. The van der Waals surface area contributed by atoms with Crippen molar-refractivity contribution in [2.24, 2.45) is 9.98 Å². The normalized spacial score (nSPS) is 14.8. The van der Waals surface area contributed by atoms with Crippen LogP contribution < -0.4 is 27.4 Å². The Kier molecular flexibility index (Phi) is 25.7. The Morgan fingerprint density at radius 3 is 1.43 bits per heavy atom. The number of nitrogens with zero attached hydrogens (tertiary/aromatic N) is 12. The molecule has 2 saturated carbocycles. The molecular formula is C84H72BrCl2N17O15S2. The summed E-state index contributed by atoms with van der Waals surface area (Å²) in [6, 6.07) is 40.4. The van der Waals surface area contributed by atoms with Gasteiger partial charge in [-0.3, -0.25) is 58.5 Å². The molecule has 4 aliphatic heterocycles. The Hall–Kier alpha value is -13.7. The number of hydrogen-bond acceptors (Lipinski definition) is 26. The Bertz CT molecular complexity index is 6250. The fourth-order valence-corrected chi connectivity index (χ4v) is 16.9. The van der Waals surface area contributed by atoms with Crippen molar-refractivity contribution in [3.63, 3.8) is 0 Å². The number of non-ortho nitro benzene ring substituents is 2. The SMILES string of the molecule is COC(=O)c1cc(N)ccc1C#N.COC(=O)c1cc([N+](=O)[O-])ccc1Br.COC(=O)c1cc([N+](=O)[O-])ccc1C#N.Cc1sc2c(c1C)C(c1ccc(Cl)cc1)=N[C@@H](CC(=O)Nc1ccc3c(c1)C(=O)NC31CC1)c1nnc(C)n1-2.Cc1sc2c(c1C)C(c1ccc(Cl)cc1)=N[C@@H](CC(=O)O)c1nnc(C)n1-2.Nc1ccc2c(c1)C(=O)NC21CC1. The Morgan fingerprint density at radius 2 is 0.983 bits per heavy atom. The number of halogens is 3. The predicted octanol–water partition coefficient (Wildman–Crippen LogP) is 15.2. The minimum atomic E-state index is -0.926. The third-order valence-corrected chi connectivity index (χ3v) is 24.0. The number of aryl methyl sites for hydroxylation is 4. The number of fused-ring (bicyclic) bond motifs is 10. The number of hydrogen-bond donors (Lipinski definition) is 6. The van der Waals surface area contributed by atoms with Crippen LogP contribution in [-0.2, 0) is 34.9 Å². The molecule has 37 heteroatoms. The number of nitrogens with two attached hydrogens (primary N) is 2. The van der Waals surface area contributed by atoms with E-state index in [0.717, 1.165) is 134 Å². The largest absolute Gasteiger partial charge is 0.481 e. The lowest BCUT2D eigenvalue weighted by Gasteiger charge is -2.14. The molecule has 3 amide bonds. The van der Waals surface area contributed by atoms with Gasteiger partial charge in [0.15, 0.2) is 11.6 Å². The van der Waals surface area contributed by atoms with E-state index in [1.807, 2.05) is 102 Å². The van der Waals surface area contributed by atoms with Crippen molar-refractivity contribution in [2.75, 3.05) is 38.1 Å². The number of anilines is 3. The molecule has 7 aromatic carbocycles. The molecule has 0 bridgehead atoms. The number of aliphatic carboxylic acids is 1. The zero-order chi connectivity index (χ0) is 87.4. The van der Waals surface area contributed by atoms with Gasteiger partial charge in [-0.2, -0.15) is 10.5 Å². The molecule has 121 heavy (non-hydrogen) atoms. The summed E-state index contributed by atoms with van der Waals surface area (Å²) in [7, 11) is 3.61. The average Bonchev–Trinajstić information content (AvgIpc) is 1.57. The van der Waals surface area contributed by atoms with Gasteiger partial charge in [0, 0.05) is 99.0 Å². The summed E-state index contributed by atoms with van der Waals surface area (Å²) in [5.74, 6) is -0.493. The summed E-state index contributed by atoms with van der Waals surface area (Å²) in [4.78, 5) is 114. The zero-order valence-electron chi connectivity index (χ0n) is 65.8. The number of thiophene rings is 2. The molecule has 8 heterocycles. The molecule has 11 aromatic rings. The van der Waals surface area contributed by atoms with E-state index in [4.69, 9.17) is 55.2 Å². The van der Waals surface area contributed by atoms with Crippen LogP contribution in [-0.4, -0.2) is 119 Å². The van der Waals surface area contributed by atoms with Crippen molar-refractivity contribution in [1.82, 2.24) is 40.2 Å². The third-order valence-electron chi connectivity index (χ3n) is 20.4. The van der Waals surface area contributed by atoms with Gasteiger partial charge in [-0.05, 0) is 184 Å². The number of esters is 3. The Morgan fingerprint density at radius 1 is 0.579 bits per heavy atom. The van der Waals surface area contributed by atoms with Crippen molar-refractivity contribution < 1.29 is 62.7 Å². The van der Waals surface area contributed by atoms with E-state index in [9.17, 15) is 58.9 Å². The molecule has 616 valence electrons. The lowest BCUT2D eigenvalue weighted by Crippen LogP contribution is -2.25. The summed E-state index contributed by atoms with van der Waals surface area (Å²) >= 11 is 18.7. The number of aromatic nitrogens is 6. The molecule has 2 spiro atoms. The number of ether oxygens (including phenoxy) is 3. The van der Waals surface area contributed by atoms with Crippen LogP contribution in [0, 0.1) is 84.4 Å². The van der Waals surface area contributed by atoms with E-state index in [1.54, 1.807) is 46.9 Å². The molecule has 4 aromatic heterocycles. The number of nitriles is 2. The molecule has 32 nitrogen and oxygen atoms in total. The molecule has 0 unspecified atom stereocenters. The van der Waals surface area contributed by atoms with Crippen molar-refractivity contribution >= 4 is 143 Å². The lowest BCUT2D eigenvalue weighted by molar-refractivity contribution is -0.385. The predicted molar refractivity (Wildman–Crippen MR) is 454 cm³/mol. The van der Waals surface area contributed by atoms with Crippen molar-refractivity contribution in [3.8, 4) is 22.1 Å². The first kappa shape index (κ1) is 86.6. The first-order valence-electron chi connectivity index (χ1n) is 36.8. The molecule has 2 fully saturated rings. The van der Waals surface area contributed by atoms with E-state index in [1.165, 1.54) is 54.3 Å². The van der Waals surface area contributed by atoms with Crippen LogP contribution in [0.15, 0.2) is 154 Å². The van der Waals surface area contributed by atoms with Crippen LogP contribution in [0.4, 0.5) is 28.4 Å². The molecule has 17 rings (SSSR count). The van der Waals surface area contributed by atoms with E-state index in [2.05, 4.69) is 94.2 Å². The monoisotopic (exact) mass is 1770 g/mol. The smallest absolute Gasteiger partial charge is 0.339 e. The van der Waals surface area contributed by atoms with E-state index >= 15 is 0 Å². The molecule has 0 saturated heterocycles. The minimum absolute atomic E-state index is 0.0138. The zero-order valence-corrected chi connectivity index (χ0v) is 70.5. The molecular weight excluding hydrogens is 1700 g/mol. The number of nitro groups is 2. The van der Waals surface area contributed by atoms with Gasteiger partial charge < -0.3 is 46.7 Å². The first-order chi connectivity index (χ1) is 57.7. The second kappa shape index (κ2) is 35.9. The van der Waals surface area contributed by atoms with E-state index in [-0.39, 0.29) is 80.8 Å². The maximum Gasteiger partial charge on any atom is 0.339 e. The van der Waals surface area contributed by atoms with Crippen LogP contribution in [0.5, 0.6) is 0 Å². The summed E-state index contributed by atoms with van der Waals surface area (Å²) in [5, 5.41) is 77.2. The number of rotatable bonds is 12. The number of amides is 3. The van der Waals surface area contributed by atoms with Gasteiger partial charge in [0.05, 0.1) is 94.3 Å². The summed E-state index contributed by atoms with van der Waals surface area (Å²) < 4.78 is 17.8. The highest BCUT2D eigenvalue weighted by Crippen LogP contribution is 2.52. The van der Waals surface area contributed by atoms with Crippen molar-refractivity contribution in [3.05, 3.63) is 291 Å². The fraction of sp³-hybridized carbons (Fsp3) is 0.226. The third kappa shape index (κ3) is 18.3. The number of methoxy groups -OCH3 is 3. The fourth-order valence-electron chi connectivity index (χ4n) is 13.8. The lowest BCUT2D eigenvalue weighted by atomic mass is 9.99. The van der Waals surface area contributed by atoms with Crippen LogP contribution in [0.1, 0.15) is 191 Å². The Balaban J connectivity index is 0.000000142. The molecule has 8 N–H and O–H groups in total. The number of aliphatic imine (C=N–C) groups is 2. The Labute approximate surface area is 716 Å².